The van der Waals surface area contributed by atoms with Gasteiger partial charge >= 0.3 is 0 Å². The Morgan fingerprint density at radius 2 is 2.38 bits per heavy atom. The van der Waals surface area contributed by atoms with Crippen LogP contribution < -0.4 is 11.1 Å². The zero-order valence-electron chi connectivity index (χ0n) is 8.81. The van der Waals surface area contributed by atoms with Gasteiger partial charge in [-0.15, -0.1) is 0 Å². The van der Waals surface area contributed by atoms with Gasteiger partial charge < -0.3 is 15.8 Å². The van der Waals surface area contributed by atoms with E-state index in [1.807, 2.05) is 0 Å². The molecule has 0 bridgehead atoms. The Morgan fingerprint density at radius 1 is 1.62 bits per heavy atom. The normalized spacial score (nSPS) is 30.7. The van der Waals surface area contributed by atoms with Crippen LogP contribution >= 0.6 is 0 Å². The Kier molecular flexibility index (Phi) is 4.16. The van der Waals surface area contributed by atoms with Crippen molar-refractivity contribution < 1.29 is 4.74 Å². The Balaban J connectivity index is 2.17. The molecule has 0 radical (unpaired) electrons. The molecular formula is C10H22N2O. The molecular weight excluding hydrogens is 164 g/mol. The molecule has 1 aliphatic heterocycles. The van der Waals surface area contributed by atoms with Gasteiger partial charge in [-0.2, -0.15) is 0 Å². The van der Waals surface area contributed by atoms with Crippen LogP contribution in [0.15, 0.2) is 0 Å². The first kappa shape index (κ1) is 11.0. The number of hydrogen-bond donors (Lipinski definition) is 2. The molecule has 1 rings (SSSR count). The molecule has 1 saturated heterocycles. The van der Waals surface area contributed by atoms with E-state index in [2.05, 4.69) is 19.2 Å². The molecule has 78 valence electrons. The van der Waals surface area contributed by atoms with Crippen LogP contribution in [0.1, 0.15) is 33.1 Å². The fraction of sp³-hybridized carbons (Fsp3) is 1.00. The predicted octanol–water partition coefficient (Wildman–Crippen LogP) is 0.882. The lowest BCUT2D eigenvalue weighted by Crippen LogP contribution is -2.48. The zero-order valence-corrected chi connectivity index (χ0v) is 8.81. The van der Waals surface area contributed by atoms with Crippen LogP contribution in [-0.2, 0) is 4.74 Å². The molecule has 0 aromatic rings. The third kappa shape index (κ3) is 3.63. The average Bonchev–Trinajstić information content (AvgIpc) is 2.51. The fourth-order valence-electron chi connectivity index (χ4n) is 1.66. The maximum Gasteiger partial charge on any atom is 0.0646 e. The first-order valence-electron chi connectivity index (χ1n) is 5.24. The van der Waals surface area contributed by atoms with Crippen molar-refractivity contribution >= 4 is 0 Å². The number of ether oxygens (including phenoxy) is 1. The van der Waals surface area contributed by atoms with Gasteiger partial charge in [0, 0.05) is 24.7 Å². The highest BCUT2D eigenvalue weighted by Gasteiger charge is 2.28. The Bertz CT molecular complexity index is 144. The molecule has 2 atom stereocenters. The molecule has 0 aromatic heterocycles. The number of nitrogens with two attached hydrogens (primary N) is 1. The Hall–Kier alpha value is -0.120. The quantitative estimate of drug-likeness (QED) is 0.670. The van der Waals surface area contributed by atoms with Crippen molar-refractivity contribution in [3.8, 4) is 0 Å². The van der Waals surface area contributed by atoms with E-state index >= 15 is 0 Å². The molecule has 3 N–H and O–H groups in total. The van der Waals surface area contributed by atoms with Crippen LogP contribution in [0.2, 0.25) is 0 Å². The number of hydrogen-bond acceptors (Lipinski definition) is 3. The van der Waals surface area contributed by atoms with Gasteiger partial charge in [0.05, 0.1) is 6.61 Å². The van der Waals surface area contributed by atoms with Gasteiger partial charge in [0.25, 0.3) is 0 Å². The second kappa shape index (κ2) is 4.94. The second-order valence-electron chi connectivity index (χ2n) is 4.29. The van der Waals surface area contributed by atoms with Crippen LogP contribution in [0, 0.1) is 0 Å². The Labute approximate surface area is 81.0 Å². The monoisotopic (exact) mass is 186 g/mol. The zero-order chi connectivity index (χ0) is 9.73. The van der Waals surface area contributed by atoms with E-state index in [1.54, 1.807) is 0 Å². The minimum absolute atomic E-state index is 0.172. The molecule has 0 aromatic carbocycles. The highest BCUT2D eigenvalue weighted by molar-refractivity contribution is 4.87. The maximum absolute atomic E-state index is 5.92. The molecule has 13 heavy (non-hydrogen) atoms. The summed E-state index contributed by atoms with van der Waals surface area (Å²) in [5.74, 6) is 0. The van der Waals surface area contributed by atoms with Crippen molar-refractivity contribution in [1.82, 2.24) is 5.32 Å². The molecule has 1 aliphatic rings. The molecule has 2 unspecified atom stereocenters. The SMILES string of the molecule is CCCC(N)CNC1(C)CCOC1. The van der Waals surface area contributed by atoms with E-state index in [0.717, 1.165) is 39.0 Å². The molecule has 3 heteroatoms. The standard InChI is InChI=1S/C10H22N2O/c1-3-4-9(11)7-12-10(2)5-6-13-8-10/h9,12H,3-8,11H2,1-2H3. The van der Waals surface area contributed by atoms with Crippen molar-refractivity contribution in [2.24, 2.45) is 5.73 Å². The van der Waals surface area contributed by atoms with E-state index in [1.165, 1.54) is 0 Å². The van der Waals surface area contributed by atoms with E-state index in [9.17, 15) is 0 Å². The number of rotatable bonds is 5. The summed E-state index contributed by atoms with van der Waals surface area (Å²) >= 11 is 0. The van der Waals surface area contributed by atoms with E-state index < -0.39 is 0 Å². The lowest BCUT2D eigenvalue weighted by atomic mass is 10.0. The highest BCUT2D eigenvalue weighted by Crippen LogP contribution is 2.17. The summed E-state index contributed by atoms with van der Waals surface area (Å²) in [6.07, 6.45) is 3.37. The van der Waals surface area contributed by atoms with Gasteiger partial charge in [-0.3, -0.25) is 0 Å². The lowest BCUT2D eigenvalue weighted by Gasteiger charge is -2.25. The molecule has 1 heterocycles. The van der Waals surface area contributed by atoms with Crippen LogP contribution in [0.3, 0.4) is 0 Å². The summed E-state index contributed by atoms with van der Waals surface area (Å²) < 4.78 is 5.35. The van der Waals surface area contributed by atoms with Gasteiger partial charge in [0.15, 0.2) is 0 Å². The van der Waals surface area contributed by atoms with Crippen molar-refractivity contribution in [1.29, 1.82) is 0 Å². The number of nitrogens with one attached hydrogen (secondary N) is 1. The Morgan fingerprint density at radius 3 is 2.92 bits per heavy atom. The summed E-state index contributed by atoms with van der Waals surface area (Å²) in [6.45, 7) is 6.99. The third-order valence-corrected chi connectivity index (χ3v) is 2.67. The van der Waals surface area contributed by atoms with E-state index in [0.29, 0.717) is 6.04 Å². The van der Waals surface area contributed by atoms with Crippen LogP contribution in [-0.4, -0.2) is 31.3 Å². The van der Waals surface area contributed by atoms with Crippen molar-refractivity contribution in [2.45, 2.75) is 44.7 Å². The summed E-state index contributed by atoms with van der Waals surface area (Å²) in [4.78, 5) is 0. The molecule has 0 saturated carbocycles. The highest BCUT2D eigenvalue weighted by atomic mass is 16.5. The summed E-state index contributed by atoms with van der Waals surface area (Å²) in [6, 6.07) is 0.294. The van der Waals surface area contributed by atoms with E-state index in [-0.39, 0.29) is 5.54 Å². The molecule has 0 amide bonds. The van der Waals surface area contributed by atoms with E-state index in [4.69, 9.17) is 10.5 Å². The smallest absolute Gasteiger partial charge is 0.0646 e. The minimum atomic E-state index is 0.172. The molecule has 1 fully saturated rings. The minimum Gasteiger partial charge on any atom is -0.379 e. The van der Waals surface area contributed by atoms with Crippen molar-refractivity contribution in [3.05, 3.63) is 0 Å². The fourth-order valence-corrected chi connectivity index (χ4v) is 1.66. The van der Waals surface area contributed by atoms with Crippen molar-refractivity contribution in [3.63, 3.8) is 0 Å². The lowest BCUT2D eigenvalue weighted by molar-refractivity contribution is 0.171. The van der Waals surface area contributed by atoms with Gasteiger partial charge in [0.1, 0.15) is 0 Å². The van der Waals surface area contributed by atoms with Crippen LogP contribution in [0.4, 0.5) is 0 Å². The van der Waals surface area contributed by atoms with Gasteiger partial charge in [-0.05, 0) is 19.8 Å². The average molecular weight is 186 g/mol. The third-order valence-electron chi connectivity index (χ3n) is 2.67. The first-order valence-corrected chi connectivity index (χ1v) is 5.24. The predicted molar refractivity (Wildman–Crippen MR) is 54.7 cm³/mol. The molecule has 0 aliphatic carbocycles. The maximum atomic E-state index is 5.92. The summed E-state index contributed by atoms with van der Waals surface area (Å²) in [5, 5.41) is 3.49. The van der Waals surface area contributed by atoms with Gasteiger partial charge in [-0.1, -0.05) is 13.3 Å². The topological polar surface area (TPSA) is 47.3 Å². The van der Waals surface area contributed by atoms with Crippen LogP contribution in [0.25, 0.3) is 0 Å². The second-order valence-corrected chi connectivity index (χ2v) is 4.29. The van der Waals surface area contributed by atoms with Gasteiger partial charge in [-0.25, -0.2) is 0 Å². The largest absolute Gasteiger partial charge is 0.379 e. The summed E-state index contributed by atoms with van der Waals surface area (Å²) in [5.41, 5.74) is 6.09. The molecule has 0 spiro atoms. The first-order chi connectivity index (χ1) is 6.16. The van der Waals surface area contributed by atoms with Gasteiger partial charge in [0.2, 0.25) is 0 Å². The van der Waals surface area contributed by atoms with Crippen LogP contribution in [0.5, 0.6) is 0 Å². The summed E-state index contributed by atoms with van der Waals surface area (Å²) in [7, 11) is 0. The van der Waals surface area contributed by atoms with Crippen molar-refractivity contribution in [2.75, 3.05) is 19.8 Å². The molecule has 3 nitrogen and oxygen atoms in total.